The Morgan fingerprint density at radius 3 is 2.00 bits per heavy atom. The van der Waals surface area contributed by atoms with Gasteiger partial charge in [0.25, 0.3) is 0 Å². The summed E-state index contributed by atoms with van der Waals surface area (Å²) in [6.45, 7) is 10.8. The van der Waals surface area contributed by atoms with Gasteiger partial charge in [0.05, 0.1) is 5.70 Å². The number of nitrogens with zero attached hydrogens (tertiary/aromatic N) is 2. The van der Waals surface area contributed by atoms with Crippen LogP contribution in [0.15, 0.2) is 29.2 Å². The first-order valence-electron chi connectivity index (χ1n) is 3.70. The Bertz CT molecular complexity index is 170. The van der Waals surface area contributed by atoms with Crippen LogP contribution in [0.1, 0.15) is 13.8 Å². The molecule has 0 radical (unpaired) electrons. The minimum Gasteiger partial charge on any atom is -0.396 e. The number of hydrazine groups is 1. The van der Waals surface area contributed by atoms with E-state index in [1.54, 1.807) is 7.05 Å². The third kappa shape index (κ3) is 4.51. The summed E-state index contributed by atoms with van der Waals surface area (Å²) < 4.78 is 0. The lowest BCUT2D eigenvalue weighted by atomic mass is 10.4. The molecule has 0 saturated heterocycles. The molecule has 0 aliphatic heterocycles. The van der Waals surface area contributed by atoms with Gasteiger partial charge in [-0.05, 0) is 12.8 Å². The molecule has 0 rings (SSSR count). The van der Waals surface area contributed by atoms with Gasteiger partial charge in [-0.3, -0.25) is 5.01 Å². The van der Waals surface area contributed by atoms with Crippen molar-refractivity contribution in [3.05, 3.63) is 24.2 Å². The van der Waals surface area contributed by atoms with Crippen LogP contribution in [0.2, 0.25) is 0 Å². The zero-order valence-corrected chi connectivity index (χ0v) is 8.04. The van der Waals surface area contributed by atoms with Crippen molar-refractivity contribution in [2.75, 3.05) is 7.05 Å². The SMILES string of the molecule is C=C/C(N)=C(\N=C)N(C)N.CC. The van der Waals surface area contributed by atoms with E-state index in [1.165, 1.54) is 11.1 Å². The summed E-state index contributed by atoms with van der Waals surface area (Å²) in [5.41, 5.74) is 5.85. The van der Waals surface area contributed by atoms with E-state index < -0.39 is 0 Å². The van der Waals surface area contributed by atoms with Crippen molar-refractivity contribution >= 4 is 6.72 Å². The summed E-state index contributed by atoms with van der Waals surface area (Å²) in [5, 5.41) is 1.28. The Labute approximate surface area is 74.2 Å². The molecule has 4 nitrogen and oxygen atoms in total. The maximum Gasteiger partial charge on any atom is 0.165 e. The molecular formula is C8H18N4. The summed E-state index contributed by atoms with van der Waals surface area (Å²) in [4.78, 5) is 3.59. The molecule has 0 aromatic carbocycles. The number of nitrogens with two attached hydrogens (primary N) is 2. The van der Waals surface area contributed by atoms with Gasteiger partial charge in [-0.2, -0.15) is 0 Å². The number of hydrogen-bond donors (Lipinski definition) is 2. The second-order valence-corrected chi connectivity index (χ2v) is 1.75. The van der Waals surface area contributed by atoms with Gasteiger partial charge in [0.2, 0.25) is 0 Å². The van der Waals surface area contributed by atoms with Crippen LogP contribution in [0, 0.1) is 0 Å². The van der Waals surface area contributed by atoms with Crippen molar-refractivity contribution in [3.63, 3.8) is 0 Å². The normalized spacial score (nSPS) is 10.3. The summed E-state index contributed by atoms with van der Waals surface area (Å²) in [5.74, 6) is 5.76. The number of allylic oxidation sites excluding steroid dienone is 1. The molecule has 0 aromatic heterocycles. The third-order valence-corrected chi connectivity index (χ3v) is 0.962. The van der Waals surface area contributed by atoms with Crippen molar-refractivity contribution in [1.82, 2.24) is 5.01 Å². The predicted molar refractivity (Wildman–Crippen MR) is 54.3 cm³/mol. The average Bonchev–Trinajstić information content (AvgIpc) is 2.08. The van der Waals surface area contributed by atoms with Gasteiger partial charge >= 0.3 is 0 Å². The first-order valence-corrected chi connectivity index (χ1v) is 3.70. The molecule has 4 heteroatoms. The van der Waals surface area contributed by atoms with Gasteiger partial charge in [-0.15, -0.1) is 0 Å². The topological polar surface area (TPSA) is 67.6 Å². The van der Waals surface area contributed by atoms with E-state index in [1.807, 2.05) is 13.8 Å². The molecule has 0 unspecified atom stereocenters. The molecule has 0 aliphatic carbocycles. The summed E-state index contributed by atoms with van der Waals surface area (Å²) in [6, 6.07) is 0. The fourth-order valence-corrected chi connectivity index (χ4v) is 0.498. The van der Waals surface area contributed by atoms with Crippen LogP contribution in [0.4, 0.5) is 0 Å². The molecule has 0 heterocycles. The Kier molecular flexibility index (Phi) is 8.67. The molecule has 0 spiro atoms. The lowest BCUT2D eigenvalue weighted by Gasteiger charge is -2.12. The average molecular weight is 170 g/mol. The monoisotopic (exact) mass is 170 g/mol. The zero-order valence-electron chi connectivity index (χ0n) is 8.04. The smallest absolute Gasteiger partial charge is 0.165 e. The van der Waals surface area contributed by atoms with E-state index in [2.05, 4.69) is 18.3 Å². The highest BCUT2D eigenvalue weighted by Crippen LogP contribution is 2.01. The van der Waals surface area contributed by atoms with E-state index in [9.17, 15) is 0 Å². The number of rotatable bonds is 3. The van der Waals surface area contributed by atoms with E-state index in [4.69, 9.17) is 11.6 Å². The maximum absolute atomic E-state index is 5.43. The Hall–Kier alpha value is -1.29. The second kappa shape index (κ2) is 7.81. The molecule has 0 fully saturated rings. The summed E-state index contributed by atoms with van der Waals surface area (Å²) >= 11 is 0. The number of hydrogen-bond acceptors (Lipinski definition) is 4. The van der Waals surface area contributed by atoms with Crippen LogP contribution in [-0.4, -0.2) is 18.8 Å². The maximum atomic E-state index is 5.43. The van der Waals surface area contributed by atoms with Crippen LogP contribution in [0.3, 0.4) is 0 Å². The van der Waals surface area contributed by atoms with Gasteiger partial charge in [0.15, 0.2) is 5.82 Å². The Morgan fingerprint density at radius 2 is 1.92 bits per heavy atom. The predicted octanol–water partition coefficient (Wildman–Crippen LogP) is 0.833. The molecule has 0 saturated carbocycles. The minimum atomic E-state index is 0.417. The van der Waals surface area contributed by atoms with Gasteiger partial charge < -0.3 is 5.73 Å². The highest BCUT2D eigenvalue weighted by molar-refractivity contribution is 5.31. The molecule has 0 aliphatic rings. The third-order valence-electron chi connectivity index (χ3n) is 0.962. The highest BCUT2D eigenvalue weighted by Gasteiger charge is 1.98. The largest absolute Gasteiger partial charge is 0.396 e. The first-order chi connectivity index (χ1) is 5.63. The quantitative estimate of drug-likeness (QED) is 0.285. The Balaban J connectivity index is 0. The van der Waals surface area contributed by atoms with Crippen molar-refractivity contribution in [2.45, 2.75) is 13.8 Å². The number of aliphatic imine (C=N–C) groups is 1. The van der Waals surface area contributed by atoms with Crippen LogP contribution in [0.25, 0.3) is 0 Å². The van der Waals surface area contributed by atoms with Gasteiger partial charge in [-0.25, -0.2) is 10.8 Å². The van der Waals surface area contributed by atoms with E-state index >= 15 is 0 Å². The molecule has 70 valence electrons. The van der Waals surface area contributed by atoms with Gasteiger partial charge in [-0.1, -0.05) is 20.4 Å². The lowest BCUT2D eigenvalue weighted by molar-refractivity contribution is 0.432. The molecule has 0 atom stereocenters. The van der Waals surface area contributed by atoms with Gasteiger partial charge in [0, 0.05) is 7.05 Å². The fourth-order valence-electron chi connectivity index (χ4n) is 0.498. The van der Waals surface area contributed by atoms with Crippen LogP contribution < -0.4 is 11.6 Å². The van der Waals surface area contributed by atoms with Crippen molar-refractivity contribution < 1.29 is 0 Å². The Morgan fingerprint density at radius 1 is 1.50 bits per heavy atom. The van der Waals surface area contributed by atoms with Crippen LogP contribution in [0.5, 0.6) is 0 Å². The lowest BCUT2D eigenvalue weighted by Crippen LogP contribution is -2.26. The summed E-state index contributed by atoms with van der Waals surface area (Å²) in [7, 11) is 1.63. The summed E-state index contributed by atoms with van der Waals surface area (Å²) in [6.07, 6.45) is 1.47. The van der Waals surface area contributed by atoms with Crippen molar-refractivity contribution in [1.29, 1.82) is 0 Å². The molecular weight excluding hydrogens is 152 g/mol. The van der Waals surface area contributed by atoms with E-state index in [-0.39, 0.29) is 0 Å². The molecule has 4 N–H and O–H groups in total. The molecule has 0 bridgehead atoms. The van der Waals surface area contributed by atoms with Crippen molar-refractivity contribution in [3.8, 4) is 0 Å². The molecule has 12 heavy (non-hydrogen) atoms. The molecule has 0 aromatic rings. The highest BCUT2D eigenvalue weighted by atomic mass is 15.4. The van der Waals surface area contributed by atoms with Crippen molar-refractivity contribution in [2.24, 2.45) is 16.6 Å². The van der Waals surface area contributed by atoms with Crippen LogP contribution >= 0.6 is 0 Å². The minimum absolute atomic E-state index is 0.417. The van der Waals surface area contributed by atoms with E-state index in [0.717, 1.165) is 0 Å². The van der Waals surface area contributed by atoms with Gasteiger partial charge in [0.1, 0.15) is 0 Å². The fraction of sp³-hybridized carbons (Fsp3) is 0.375. The molecule has 0 amide bonds. The van der Waals surface area contributed by atoms with Crippen LogP contribution in [-0.2, 0) is 0 Å². The zero-order chi connectivity index (χ0) is 10.1. The van der Waals surface area contributed by atoms with E-state index in [0.29, 0.717) is 11.5 Å². The first kappa shape index (κ1) is 13.3. The second-order valence-electron chi connectivity index (χ2n) is 1.75. The standard InChI is InChI=1S/C6H12N4.C2H6/c1-4-5(7)6(9-2)10(3)8;1-2/h4H,1-2,7-8H2,3H3;1-2H3/b6-5-;.